The van der Waals surface area contributed by atoms with Crippen LogP contribution < -0.4 is 35.0 Å². The fourth-order valence-electron chi connectivity index (χ4n) is 3.76. The zero-order valence-electron chi connectivity index (χ0n) is 24.1. The van der Waals surface area contributed by atoms with Gasteiger partial charge in [-0.25, -0.2) is 5.43 Å². The molecule has 0 aromatic heterocycles. The molecule has 0 atom stereocenters. The minimum atomic E-state index is -4.54. The predicted octanol–water partition coefficient (Wildman–Crippen LogP) is 3.95. The number of rotatable bonds is 13. The number of anilines is 1. The number of amides is 3. The molecule has 0 heterocycles. The molecule has 14 heteroatoms. The second-order valence-corrected chi connectivity index (χ2v) is 8.95. The molecule has 0 radical (unpaired) electrons. The lowest BCUT2D eigenvalue weighted by atomic mass is 10.1. The molecule has 11 nitrogen and oxygen atoms in total. The fraction of sp³-hybridized carbons (Fsp3) is 0.267. The summed E-state index contributed by atoms with van der Waals surface area (Å²) in [7, 11) is 3.05. The summed E-state index contributed by atoms with van der Waals surface area (Å²) in [5.74, 6) is -0.941. The minimum Gasteiger partial charge on any atom is -0.493 e. The summed E-state index contributed by atoms with van der Waals surface area (Å²) in [4.78, 5) is 36.5. The molecular formula is C30H31F3N4O7. The first-order chi connectivity index (χ1) is 21.0. The van der Waals surface area contributed by atoms with Crippen LogP contribution in [0, 0.1) is 0 Å². The average molecular weight is 617 g/mol. The first-order valence-corrected chi connectivity index (χ1v) is 13.2. The normalized spacial score (nSPS) is 11.0. The molecule has 0 unspecified atom stereocenters. The zero-order valence-corrected chi connectivity index (χ0v) is 24.1. The number of methoxy groups -OCH3 is 2. The Balaban J connectivity index is 1.50. The number of alkyl halides is 3. The van der Waals surface area contributed by atoms with Gasteiger partial charge in [-0.05, 0) is 73.0 Å². The Kier molecular flexibility index (Phi) is 11.9. The largest absolute Gasteiger partial charge is 0.493 e. The first kappa shape index (κ1) is 33.2. The third-order valence-electron chi connectivity index (χ3n) is 5.83. The number of carbonyl (C=O) groups excluding carboxylic acids is 3. The molecule has 0 fully saturated rings. The summed E-state index contributed by atoms with van der Waals surface area (Å²) in [6.07, 6.45) is -2.82. The van der Waals surface area contributed by atoms with Gasteiger partial charge in [-0.1, -0.05) is 12.1 Å². The molecule has 3 amide bonds. The smallest absolute Gasteiger partial charge is 0.416 e. The second kappa shape index (κ2) is 15.8. The summed E-state index contributed by atoms with van der Waals surface area (Å²) < 4.78 is 60.2. The van der Waals surface area contributed by atoms with Crippen molar-refractivity contribution in [2.75, 3.05) is 39.3 Å². The number of hydrogen-bond donors (Lipinski definition) is 3. The molecule has 3 aromatic rings. The number of carbonyl (C=O) groups is 3. The molecule has 0 saturated carbocycles. The van der Waals surface area contributed by atoms with Gasteiger partial charge in [-0.2, -0.15) is 18.3 Å². The highest BCUT2D eigenvalue weighted by atomic mass is 19.4. The van der Waals surface area contributed by atoms with E-state index in [-0.39, 0.29) is 30.3 Å². The van der Waals surface area contributed by atoms with Gasteiger partial charge in [0.25, 0.3) is 5.91 Å². The van der Waals surface area contributed by atoms with Crippen molar-refractivity contribution in [1.29, 1.82) is 0 Å². The number of hydrazone groups is 1. The van der Waals surface area contributed by atoms with E-state index in [4.69, 9.17) is 18.9 Å². The first-order valence-electron chi connectivity index (χ1n) is 13.2. The molecule has 0 aliphatic rings. The number of nitrogens with one attached hydrogen (secondary N) is 3. The monoisotopic (exact) mass is 616 g/mol. The van der Waals surface area contributed by atoms with Crippen LogP contribution in [-0.2, 0) is 27.0 Å². The number of halogens is 3. The molecule has 0 aliphatic heterocycles. The van der Waals surface area contributed by atoms with E-state index in [1.807, 2.05) is 6.07 Å². The van der Waals surface area contributed by atoms with Crippen LogP contribution >= 0.6 is 0 Å². The van der Waals surface area contributed by atoms with E-state index in [9.17, 15) is 27.6 Å². The van der Waals surface area contributed by atoms with Gasteiger partial charge < -0.3 is 29.6 Å². The van der Waals surface area contributed by atoms with Crippen LogP contribution in [0.25, 0.3) is 0 Å². The van der Waals surface area contributed by atoms with E-state index in [0.29, 0.717) is 23.5 Å². The quantitative estimate of drug-likeness (QED) is 0.150. The highest BCUT2D eigenvalue weighted by molar-refractivity contribution is 6.35. The Morgan fingerprint density at radius 3 is 2.32 bits per heavy atom. The predicted molar refractivity (Wildman–Crippen MR) is 155 cm³/mol. The lowest BCUT2D eigenvalue weighted by Gasteiger charge is -2.13. The number of benzene rings is 3. The average Bonchev–Trinajstić information content (AvgIpc) is 3.00. The summed E-state index contributed by atoms with van der Waals surface area (Å²) in [6, 6.07) is 14.1. The van der Waals surface area contributed by atoms with E-state index >= 15 is 0 Å². The van der Waals surface area contributed by atoms with Crippen LogP contribution in [0.3, 0.4) is 0 Å². The molecule has 44 heavy (non-hydrogen) atoms. The van der Waals surface area contributed by atoms with Gasteiger partial charge in [0.2, 0.25) is 0 Å². The van der Waals surface area contributed by atoms with Gasteiger partial charge in [0, 0.05) is 12.2 Å². The van der Waals surface area contributed by atoms with Gasteiger partial charge in [0.15, 0.2) is 29.6 Å². The van der Waals surface area contributed by atoms with Crippen molar-refractivity contribution in [3.05, 3.63) is 77.4 Å². The molecule has 0 spiro atoms. The van der Waals surface area contributed by atoms with Gasteiger partial charge in [0.1, 0.15) is 0 Å². The molecule has 3 aromatic carbocycles. The Morgan fingerprint density at radius 2 is 1.61 bits per heavy atom. The van der Waals surface area contributed by atoms with Crippen LogP contribution in [0.5, 0.6) is 23.0 Å². The van der Waals surface area contributed by atoms with Crippen molar-refractivity contribution in [1.82, 2.24) is 10.7 Å². The van der Waals surface area contributed by atoms with Crippen LogP contribution in [0.4, 0.5) is 18.9 Å². The number of hydrogen-bond acceptors (Lipinski definition) is 8. The van der Waals surface area contributed by atoms with Crippen molar-refractivity contribution in [3.8, 4) is 23.0 Å². The summed E-state index contributed by atoms with van der Waals surface area (Å²) in [6.45, 7) is 1.69. The summed E-state index contributed by atoms with van der Waals surface area (Å²) >= 11 is 0. The number of nitrogens with zero attached hydrogens (tertiary/aromatic N) is 1. The SMILES string of the molecule is CCOc1cc(/C=N\NC(=O)C(=O)NCCc2ccc(OC)c(OC)c2)ccc1OCC(=O)Nc1cccc(C(F)(F)F)c1. The third kappa shape index (κ3) is 9.93. The maximum atomic E-state index is 12.9. The van der Waals surface area contributed by atoms with E-state index in [2.05, 4.69) is 21.2 Å². The second-order valence-electron chi connectivity index (χ2n) is 8.95. The molecular weight excluding hydrogens is 585 g/mol. The summed E-state index contributed by atoms with van der Waals surface area (Å²) in [5, 5.41) is 8.66. The number of ether oxygens (including phenoxy) is 4. The van der Waals surface area contributed by atoms with Gasteiger partial charge in [0.05, 0.1) is 32.6 Å². The maximum absolute atomic E-state index is 12.9. The lowest BCUT2D eigenvalue weighted by molar-refractivity contribution is -0.139. The van der Waals surface area contributed by atoms with E-state index in [1.165, 1.54) is 44.7 Å². The summed E-state index contributed by atoms with van der Waals surface area (Å²) in [5.41, 5.74) is 2.57. The standard InChI is InChI=1S/C30H31F3N4O7/c1-4-43-26-15-20(9-11-24(26)44-18-27(38)36-22-7-5-6-21(16-22)30(31,32)33)17-35-37-29(40)28(39)34-13-12-19-8-10-23(41-2)25(14-19)42-3/h5-11,14-17H,4,12-13,18H2,1-3H3,(H,34,39)(H,36,38)(H,37,40)/b35-17-. The Hall–Kier alpha value is -5.27. The minimum absolute atomic E-state index is 0.0290. The molecule has 3 rings (SSSR count). The lowest BCUT2D eigenvalue weighted by Crippen LogP contribution is -2.38. The van der Waals surface area contributed by atoms with Crippen molar-refractivity contribution < 1.29 is 46.5 Å². The van der Waals surface area contributed by atoms with Gasteiger partial charge in [-0.3, -0.25) is 14.4 Å². The van der Waals surface area contributed by atoms with Crippen molar-refractivity contribution in [2.45, 2.75) is 19.5 Å². The van der Waals surface area contributed by atoms with E-state index < -0.39 is 36.1 Å². The van der Waals surface area contributed by atoms with E-state index in [0.717, 1.165) is 17.7 Å². The molecule has 0 aliphatic carbocycles. The van der Waals surface area contributed by atoms with Crippen molar-refractivity contribution in [2.24, 2.45) is 5.10 Å². The molecule has 234 valence electrons. The molecule has 0 bridgehead atoms. The van der Waals surface area contributed by atoms with Crippen molar-refractivity contribution >= 4 is 29.6 Å². The Bertz CT molecular complexity index is 1500. The molecule has 0 saturated heterocycles. The van der Waals surface area contributed by atoms with Gasteiger partial charge in [-0.15, -0.1) is 0 Å². The Labute approximate surface area is 251 Å². The van der Waals surface area contributed by atoms with Crippen molar-refractivity contribution in [3.63, 3.8) is 0 Å². The zero-order chi connectivity index (χ0) is 32.1. The topological polar surface area (TPSA) is 137 Å². The van der Waals surface area contributed by atoms with Crippen LogP contribution in [-0.4, -0.2) is 57.9 Å². The van der Waals surface area contributed by atoms with Crippen LogP contribution in [0.1, 0.15) is 23.6 Å². The van der Waals surface area contributed by atoms with Crippen LogP contribution in [0.15, 0.2) is 65.8 Å². The highest BCUT2D eigenvalue weighted by Gasteiger charge is 2.30. The molecule has 3 N–H and O–H groups in total. The fourth-order valence-corrected chi connectivity index (χ4v) is 3.76. The van der Waals surface area contributed by atoms with Gasteiger partial charge >= 0.3 is 18.0 Å². The van der Waals surface area contributed by atoms with Crippen LogP contribution in [0.2, 0.25) is 0 Å². The Morgan fingerprint density at radius 1 is 0.864 bits per heavy atom. The maximum Gasteiger partial charge on any atom is 0.416 e. The van der Waals surface area contributed by atoms with E-state index in [1.54, 1.807) is 25.1 Å². The highest BCUT2D eigenvalue weighted by Crippen LogP contribution is 2.31. The third-order valence-corrected chi connectivity index (χ3v) is 5.83.